The number of hydrogen-bond donors (Lipinski definition) is 1. The van der Waals surface area contributed by atoms with Gasteiger partial charge in [0.2, 0.25) is 5.91 Å². The van der Waals surface area contributed by atoms with Crippen LogP contribution in [0.2, 0.25) is 0 Å². The summed E-state index contributed by atoms with van der Waals surface area (Å²) in [6, 6.07) is 15.1. The third kappa shape index (κ3) is 4.62. The van der Waals surface area contributed by atoms with Gasteiger partial charge in [-0.2, -0.15) is 0 Å². The quantitative estimate of drug-likeness (QED) is 0.309. The van der Waals surface area contributed by atoms with E-state index in [0.717, 1.165) is 22.9 Å². The lowest BCUT2D eigenvalue weighted by atomic mass is 10.2. The van der Waals surface area contributed by atoms with Crippen LogP contribution in [0.4, 0.5) is 5.69 Å². The van der Waals surface area contributed by atoms with Crippen LogP contribution in [-0.4, -0.2) is 41.0 Å². The van der Waals surface area contributed by atoms with Crippen molar-refractivity contribution in [2.24, 2.45) is 0 Å². The number of benzene rings is 2. The summed E-state index contributed by atoms with van der Waals surface area (Å²) in [5, 5.41) is 4.37. The van der Waals surface area contributed by atoms with E-state index in [1.807, 2.05) is 36.4 Å². The second-order valence-electron chi connectivity index (χ2n) is 7.79. The molecule has 0 saturated carbocycles. The minimum Gasteiger partial charge on any atom is -0.497 e. The number of carbonyl (C=O) groups is 1. The van der Waals surface area contributed by atoms with Gasteiger partial charge in [0, 0.05) is 28.4 Å². The minimum atomic E-state index is -0.179. The second-order valence-corrected chi connectivity index (χ2v) is 9.78. The molecule has 1 N–H and O–H groups in total. The van der Waals surface area contributed by atoms with E-state index in [1.54, 1.807) is 23.8 Å². The number of aromatic nitrogens is 2. The molecular weight excluding hydrogens is 458 g/mol. The summed E-state index contributed by atoms with van der Waals surface area (Å²) in [6.45, 7) is 1.15. The molecule has 1 atom stereocenters. The van der Waals surface area contributed by atoms with Gasteiger partial charge in [-0.05, 0) is 31.0 Å². The summed E-state index contributed by atoms with van der Waals surface area (Å²) >= 11 is 2.73. The first-order chi connectivity index (χ1) is 16.1. The summed E-state index contributed by atoms with van der Waals surface area (Å²) in [5.41, 5.74) is 1.27. The maximum atomic E-state index is 13.5. The molecule has 2 aromatic carbocycles. The monoisotopic (exact) mass is 481 g/mol. The fourth-order valence-corrected chi connectivity index (χ4v) is 5.84. The number of amides is 1. The first kappa shape index (κ1) is 21.9. The van der Waals surface area contributed by atoms with E-state index in [4.69, 9.17) is 14.5 Å². The van der Waals surface area contributed by atoms with E-state index in [0.29, 0.717) is 40.0 Å². The van der Waals surface area contributed by atoms with Crippen molar-refractivity contribution in [3.05, 3.63) is 58.9 Å². The van der Waals surface area contributed by atoms with Crippen molar-refractivity contribution >= 4 is 55.0 Å². The van der Waals surface area contributed by atoms with Crippen LogP contribution in [0, 0.1) is 0 Å². The van der Waals surface area contributed by atoms with Gasteiger partial charge in [-0.1, -0.05) is 36.0 Å². The van der Waals surface area contributed by atoms with Gasteiger partial charge >= 0.3 is 0 Å². The topological polar surface area (TPSA) is 82.5 Å². The Morgan fingerprint density at radius 1 is 1.30 bits per heavy atom. The van der Waals surface area contributed by atoms with Gasteiger partial charge in [0.25, 0.3) is 5.56 Å². The largest absolute Gasteiger partial charge is 0.497 e. The Hall–Kier alpha value is -2.88. The highest BCUT2D eigenvalue weighted by Crippen LogP contribution is 2.32. The molecule has 0 radical (unpaired) electrons. The van der Waals surface area contributed by atoms with Crippen LogP contribution in [-0.2, 0) is 16.1 Å². The van der Waals surface area contributed by atoms with Gasteiger partial charge in [-0.3, -0.25) is 14.2 Å². The molecule has 7 nitrogen and oxygen atoms in total. The smallest absolute Gasteiger partial charge is 0.272 e. The molecule has 1 amide bonds. The fraction of sp³-hybridized carbons (Fsp3) is 0.292. The molecule has 170 valence electrons. The van der Waals surface area contributed by atoms with Gasteiger partial charge in [-0.15, -0.1) is 11.3 Å². The molecule has 9 heteroatoms. The number of anilines is 1. The number of thioether (sulfide) groups is 1. The third-order valence-corrected chi connectivity index (χ3v) is 7.67. The Bertz CT molecular complexity index is 1380. The number of thiophene rings is 1. The molecule has 4 aromatic rings. The Morgan fingerprint density at radius 2 is 2.18 bits per heavy atom. The lowest BCUT2D eigenvalue weighted by Crippen LogP contribution is -2.28. The molecule has 0 spiro atoms. The highest BCUT2D eigenvalue weighted by molar-refractivity contribution is 7.99. The zero-order valence-corrected chi connectivity index (χ0v) is 19.7. The van der Waals surface area contributed by atoms with Crippen LogP contribution in [0.15, 0.2) is 58.5 Å². The lowest BCUT2D eigenvalue weighted by molar-refractivity contribution is -0.113. The van der Waals surface area contributed by atoms with Gasteiger partial charge in [0.15, 0.2) is 5.16 Å². The molecule has 0 bridgehead atoms. The summed E-state index contributed by atoms with van der Waals surface area (Å²) in [5.74, 6) is 0.617. The number of hydrogen-bond acceptors (Lipinski definition) is 7. The lowest BCUT2D eigenvalue weighted by Gasteiger charge is -2.15. The van der Waals surface area contributed by atoms with Crippen molar-refractivity contribution in [1.29, 1.82) is 0 Å². The summed E-state index contributed by atoms with van der Waals surface area (Å²) < 4.78 is 14.3. The van der Waals surface area contributed by atoms with E-state index in [-0.39, 0.29) is 23.3 Å². The molecule has 2 aromatic heterocycles. The molecule has 1 fully saturated rings. The number of ether oxygens (including phenoxy) is 2. The predicted molar refractivity (Wildman–Crippen MR) is 133 cm³/mol. The van der Waals surface area contributed by atoms with E-state index in [2.05, 4.69) is 5.32 Å². The second kappa shape index (κ2) is 9.54. The highest BCUT2D eigenvalue weighted by atomic mass is 32.2. The highest BCUT2D eigenvalue weighted by Gasteiger charge is 2.22. The number of fused-ring (bicyclic) bond motifs is 3. The molecule has 1 saturated heterocycles. The average molecular weight is 482 g/mol. The van der Waals surface area contributed by atoms with Crippen LogP contribution in [0.3, 0.4) is 0 Å². The maximum absolute atomic E-state index is 13.5. The van der Waals surface area contributed by atoms with E-state index < -0.39 is 0 Å². The van der Waals surface area contributed by atoms with Crippen molar-refractivity contribution in [3.63, 3.8) is 0 Å². The fourth-order valence-electron chi connectivity index (χ4n) is 3.94. The molecule has 33 heavy (non-hydrogen) atoms. The summed E-state index contributed by atoms with van der Waals surface area (Å²) in [6.07, 6.45) is 1.89. The molecule has 1 aliphatic heterocycles. The first-order valence-electron chi connectivity index (χ1n) is 10.7. The molecule has 3 heterocycles. The molecule has 0 aliphatic carbocycles. The van der Waals surface area contributed by atoms with Crippen LogP contribution in [0.1, 0.15) is 12.8 Å². The molecule has 1 aliphatic rings. The number of rotatable bonds is 7. The zero-order chi connectivity index (χ0) is 22.8. The van der Waals surface area contributed by atoms with E-state index in [1.165, 1.54) is 23.1 Å². The Balaban J connectivity index is 1.45. The Kier molecular flexibility index (Phi) is 6.34. The average Bonchev–Trinajstić information content (AvgIpc) is 3.48. The van der Waals surface area contributed by atoms with E-state index in [9.17, 15) is 9.59 Å². The number of nitrogens with one attached hydrogen (secondary N) is 1. The minimum absolute atomic E-state index is 0.0127. The van der Waals surface area contributed by atoms with Crippen LogP contribution in [0.5, 0.6) is 5.75 Å². The van der Waals surface area contributed by atoms with Crippen LogP contribution < -0.4 is 15.6 Å². The number of nitrogens with zero attached hydrogens (tertiary/aromatic N) is 2. The third-order valence-electron chi connectivity index (χ3n) is 5.54. The van der Waals surface area contributed by atoms with Crippen molar-refractivity contribution in [1.82, 2.24) is 9.55 Å². The van der Waals surface area contributed by atoms with Crippen molar-refractivity contribution in [2.75, 3.05) is 24.8 Å². The Labute approximate surface area is 198 Å². The van der Waals surface area contributed by atoms with Crippen molar-refractivity contribution < 1.29 is 14.3 Å². The predicted octanol–water partition coefficient (Wildman–Crippen LogP) is 4.53. The molecule has 5 rings (SSSR count). The van der Waals surface area contributed by atoms with Gasteiger partial charge < -0.3 is 14.8 Å². The van der Waals surface area contributed by atoms with Crippen molar-refractivity contribution in [3.8, 4) is 5.75 Å². The number of carbonyl (C=O) groups excluding carboxylic acids is 1. The van der Waals surface area contributed by atoms with Gasteiger partial charge in [0.05, 0.1) is 31.0 Å². The summed E-state index contributed by atoms with van der Waals surface area (Å²) in [7, 11) is 1.58. The van der Waals surface area contributed by atoms with Crippen LogP contribution in [0.25, 0.3) is 20.3 Å². The van der Waals surface area contributed by atoms with E-state index >= 15 is 0 Å². The maximum Gasteiger partial charge on any atom is 0.272 e. The normalized spacial score (nSPS) is 15.8. The molecular formula is C24H23N3O4S2. The van der Waals surface area contributed by atoms with Crippen molar-refractivity contribution in [2.45, 2.75) is 30.6 Å². The standard InChI is InChI=1S/C24H23N3O4S2/c1-30-16-7-4-6-15(12-16)25-20(28)14-32-24-26-21-18-9-2-3-10-19(18)33-22(21)23(29)27(24)13-17-8-5-11-31-17/h2-4,6-7,9-10,12,17H,5,8,11,13-14H2,1H3,(H,25,28)/t17-/m0/s1. The van der Waals surface area contributed by atoms with Gasteiger partial charge in [-0.25, -0.2) is 4.98 Å². The van der Waals surface area contributed by atoms with Gasteiger partial charge in [0.1, 0.15) is 10.4 Å². The first-order valence-corrected chi connectivity index (χ1v) is 12.5. The summed E-state index contributed by atoms with van der Waals surface area (Å²) in [4.78, 5) is 31.0. The number of methoxy groups -OCH3 is 1. The zero-order valence-electron chi connectivity index (χ0n) is 18.1. The SMILES string of the molecule is COc1cccc(NC(=O)CSc2nc3c(sc4ccccc43)c(=O)n2C[C@@H]2CCCO2)c1. The molecule has 0 unspecified atom stereocenters. The Morgan fingerprint density at radius 3 is 3.00 bits per heavy atom. The van der Waals surface area contributed by atoms with Crippen LogP contribution >= 0.6 is 23.1 Å².